The molecule has 3 nitrogen and oxygen atoms in total. The Morgan fingerprint density at radius 2 is 2.08 bits per heavy atom. The van der Waals surface area contributed by atoms with E-state index in [1.54, 1.807) is 0 Å². The first-order chi connectivity index (χ1) is 4.97. The van der Waals surface area contributed by atoms with E-state index in [2.05, 4.69) is 5.10 Å². The topological polar surface area (TPSA) is 43.8 Å². The van der Waals surface area contributed by atoms with E-state index in [1.165, 1.54) is 6.20 Å². The fourth-order valence-corrected chi connectivity index (χ4v) is 0.650. The van der Waals surface area contributed by atoms with Crippen molar-refractivity contribution in [3.8, 4) is 0 Å². The molecule has 0 radical (unpaired) electrons. The van der Waals surface area contributed by atoms with Crippen molar-refractivity contribution in [2.24, 2.45) is 0 Å². The second kappa shape index (κ2) is 3.66. The van der Waals surface area contributed by atoms with Crippen molar-refractivity contribution in [1.29, 1.82) is 0 Å². The zero-order chi connectivity index (χ0) is 8.48. The van der Waals surface area contributed by atoms with E-state index in [-0.39, 0.29) is 18.1 Å². The molecule has 0 unspecified atom stereocenters. The highest BCUT2D eigenvalue weighted by atomic mass is 35.5. The molecular formula is C5H7ClF3N3. The number of halogens is 4. The van der Waals surface area contributed by atoms with Gasteiger partial charge in [-0.25, -0.2) is 0 Å². The summed E-state index contributed by atoms with van der Waals surface area (Å²) >= 11 is 0. The fraction of sp³-hybridized carbons (Fsp3) is 0.400. The van der Waals surface area contributed by atoms with Gasteiger partial charge in [-0.3, -0.25) is 4.68 Å². The van der Waals surface area contributed by atoms with Crippen molar-refractivity contribution in [2.75, 3.05) is 5.73 Å². The molecule has 0 aliphatic carbocycles. The third-order valence-electron chi connectivity index (χ3n) is 0.994. The lowest BCUT2D eigenvalue weighted by Crippen LogP contribution is -2.17. The molecule has 0 bridgehead atoms. The van der Waals surface area contributed by atoms with E-state index >= 15 is 0 Å². The van der Waals surface area contributed by atoms with Crippen molar-refractivity contribution in [3.05, 3.63) is 12.4 Å². The first-order valence-electron chi connectivity index (χ1n) is 2.82. The Kier molecular flexibility index (Phi) is 3.38. The van der Waals surface area contributed by atoms with Gasteiger partial charge in [0.2, 0.25) is 0 Å². The van der Waals surface area contributed by atoms with E-state index in [9.17, 15) is 13.2 Å². The monoisotopic (exact) mass is 201 g/mol. The molecule has 1 rings (SSSR count). The maximum absolute atomic E-state index is 11.6. The van der Waals surface area contributed by atoms with Crippen molar-refractivity contribution in [1.82, 2.24) is 9.78 Å². The van der Waals surface area contributed by atoms with Crippen LogP contribution in [0.25, 0.3) is 0 Å². The van der Waals surface area contributed by atoms with Crippen LogP contribution in [0.1, 0.15) is 0 Å². The van der Waals surface area contributed by atoms with Gasteiger partial charge in [0.05, 0.1) is 11.9 Å². The lowest BCUT2D eigenvalue weighted by atomic mass is 10.6. The van der Waals surface area contributed by atoms with E-state index in [1.807, 2.05) is 0 Å². The zero-order valence-corrected chi connectivity index (χ0v) is 6.69. The average molecular weight is 202 g/mol. The third kappa shape index (κ3) is 3.47. The van der Waals surface area contributed by atoms with Crippen molar-refractivity contribution >= 4 is 18.1 Å². The molecule has 0 aromatic carbocycles. The predicted molar refractivity (Wildman–Crippen MR) is 39.9 cm³/mol. The minimum Gasteiger partial charge on any atom is -0.396 e. The summed E-state index contributed by atoms with van der Waals surface area (Å²) in [6.45, 7) is -1.09. The molecule has 0 spiro atoms. The Labute approximate surface area is 72.8 Å². The Morgan fingerprint density at radius 3 is 2.42 bits per heavy atom. The molecule has 1 aromatic rings. The Morgan fingerprint density at radius 1 is 1.50 bits per heavy atom. The maximum Gasteiger partial charge on any atom is 0.408 e. The Balaban J connectivity index is 0.00000121. The number of hydrogen-bond donors (Lipinski definition) is 1. The third-order valence-corrected chi connectivity index (χ3v) is 0.994. The van der Waals surface area contributed by atoms with Crippen molar-refractivity contribution in [3.63, 3.8) is 0 Å². The van der Waals surface area contributed by atoms with Crippen LogP contribution in [0.4, 0.5) is 18.9 Å². The molecule has 1 heterocycles. The van der Waals surface area contributed by atoms with Gasteiger partial charge in [0, 0.05) is 6.20 Å². The molecule has 12 heavy (non-hydrogen) atoms. The van der Waals surface area contributed by atoms with Crippen LogP contribution < -0.4 is 5.73 Å². The van der Waals surface area contributed by atoms with Gasteiger partial charge in [0.1, 0.15) is 6.54 Å². The summed E-state index contributed by atoms with van der Waals surface area (Å²) in [6, 6.07) is 0. The second-order valence-electron chi connectivity index (χ2n) is 2.09. The molecule has 0 atom stereocenters. The summed E-state index contributed by atoms with van der Waals surface area (Å²) in [5, 5.41) is 3.37. The summed E-state index contributed by atoms with van der Waals surface area (Å²) < 4.78 is 35.7. The number of rotatable bonds is 1. The lowest BCUT2D eigenvalue weighted by Gasteiger charge is -2.04. The quantitative estimate of drug-likeness (QED) is 0.748. The molecule has 70 valence electrons. The highest BCUT2D eigenvalue weighted by molar-refractivity contribution is 5.85. The Bertz CT molecular complexity index is 244. The molecule has 0 aliphatic rings. The van der Waals surface area contributed by atoms with Gasteiger partial charge in [-0.15, -0.1) is 12.4 Å². The molecule has 0 aliphatic heterocycles. The summed E-state index contributed by atoms with van der Waals surface area (Å²) in [6.07, 6.45) is -1.93. The van der Waals surface area contributed by atoms with E-state index < -0.39 is 12.7 Å². The minimum absolute atomic E-state index is 0. The molecule has 0 fully saturated rings. The molecule has 7 heteroatoms. The van der Waals surface area contributed by atoms with Gasteiger partial charge in [-0.2, -0.15) is 18.3 Å². The zero-order valence-electron chi connectivity index (χ0n) is 5.88. The first kappa shape index (κ1) is 11.1. The second-order valence-corrected chi connectivity index (χ2v) is 2.09. The molecule has 2 N–H and O–H groups in total. The van der Waals surface area contributed by atoms with Gasteiger partial charge < -0.3 is 5.73 Å². The van der Waals surface area contributed by atoms with Crippen LogP contribution in [0.3, 0.4) is 0 Å². The highest BCUT2D eigenvalue weighted by Crippen LogP contribution is 2.17. The van der Waals surface area contributed by atoms with Crippen LogP contribution in [0.5, 0.6) is 0 Å². The van der Waals surface area contributed by atoms with Gasteiger partial charge in [-0.05, 0) is 0 Å². The summed E-state index contributed by atoms with van der Waals surface area (Å²) in [5.74, 6) is 0. The van der Waals surface area contributed by atoms with Gasteiger partial charge in [-0.1, -0.05) is 0 Å². The van der Waals surface area contributed by atoms with Gasteiger partial charge >= 0.3 is 6.18 Å². The molecule has 0 saturated carbocycles. The molecule has 0 amide bonds. The largest absolute Gasteiger partial charge is 0.408 e. The van der Waals surface area contributed by atoms with Crippen LogP contribution in [0, 0.1) is 0 Å². The predicted octanol–water partition coefficient (Wildman–Crippen LogP) is 1.45. The summed E-state index contributed by atoms with van der Waals surface area (Å²) in [5.41, 5.74) is 5.38. The number of alkyl halides is 3. The smallest absolute Gasteiger partial charge is 0.396 e. The number of anilines is 1. The van der Waals surface area contributed by atoms with E-state index in [4.69, 9.17) is 5.73 Å². The van der Waals surface area contributed by atoms with Crippen LogP contribution in [0.15, 0.2) is 12.4 Å². The maximum atomic E-state index is 11.6. The van der Waals surface area contributed by atoms with Crippen molar-refractivity contribution < 1.29 is 13.2 Å². The van der Waals surface area contributed by atoms with Gasteiger partial charge in [0.15, 0.2) is 0 Å². The number of hydrogen-bond acceptors (Lipinski definition) is 2. The molecule has 0 saturated heterocycles. The number of nitrogens with two attached hydrogens (primary N) is 1. The normalized spacial score (nSPS) is 10.9. The van der Waals surface area contributed by atoms with Crippen LogP contribution >= 0.6 is 12.4 Å². The number of nitrogen functional groups attached to an aromatic ring is 1. The average Bonchev–Trinajstić information content (AvgIpc) is 2.10. The standard InChI is InChI=1S/C5H6F3N3.ClH/c6-5(7,8)3-11-2-4(9)1-10-11;/h1-2H,3,9H2;1H. The van der Waals surface area contributed by atoms with Gasteiger partial charge in [0.25, 0.3) is 0 Å². The minimum atomic E-state index is -4.24. The number of nitrogens with zero attached hydrogens (tertiary/aromatic N) is 2. The van der Waals surface area contributed by atoms with Crippen LogP contribution in [-0.4, -0.2) is 16.0 Å². The summed E-state index contributed by atoms with van der Waals surface area (Å²) in [7, 11) is 0. The highest BCUT2D eigenvalue weighted by Gasteiger charge is 2.28. The Hall–Kier alpha value is -0.910. The lowest BCUT2D eigenvalue weighted by molar-refractivity contribution is -0.142. The molecule has 1 aromatic heterocycles. The van der Waals surface area contributed by atoms with E-state index in [0.29, 0.717) is 0 Å². The summed E-state index contributed by atoms with van der Waals surface area (Å²) in [4.78, 5) is 0. The van der Waals surface area contributed by atoms with E-state index in [0.717, 1.165) is 10.9 Å². The SMILES string of the molecule is Cl.Nc1cnn(CC(F)(F)F)c1. The van der Waals surface area contributed by atoms with Crippen LogP contribution in [0.2, 0.25) is 0 Å². The fourth-order valence-electron chi connectivity index (χ4n) is 0.650. The number of aromatic nitrogens is 2. The van der Waals surface area contributed by atoms with Crippen LogP contribution in [-0.2, 0) is 6.54 Å². The van der Waals surface area contributed by atoms with Crippen molar-refractivity contribution in [2.45, 2.75) is 12.7 Å². The first-order valence-corrected chi connectivity index (χ1v) is 2.82. The molecular weight excluding hydrogens is 195 g/mol.